The molecule has 0 atom stereocenters. The molecule has 1 fully saturated rings. The van der Waals surface area contributed by atoms with Crippen LogP contribution in [-0.4, -0.2) is 44.6 Å². The molecule has 1 amide bonds. The smallest absolute Gasteiger partial charge is 0.253 e. The molecule has 2 rings (SSSR count). The van der Waals surface area contributed by atoms with Crippen molar-refractivity contribution in [2.45, 2.75) is 49.7 Å². The highest BCUT2D eigenvalue weighted by Gasteiger charge is 2.30. The third kappa shape index (κ3) is 5.19. The second-order valence-electron chi connectivity index (χ2n) is 7.51. The summed E-state index contributed by atoms with van der Waals surface area (Å²) in [7, 11) is -1.54. The molecule has 2 N–H and O–H groups in total. The highest BCUT2D eigenvalue weighted by molar-refractivity contribution is 7.92. The third-order valence-electron chi connectivity index (χ3n) is 4.74. The van der Waals surface area contributed by atoms with Gasteiger partial charge in [0.05, 0.1) is 10.1 Å². The minimum Gasteiger partial charge on any atom is -0.341 e. The van der Waals surface area contributed by atoms with Crippen molar-refractivity contribution in [3.05, 3.63) is 29.8 Å². The van der Waals surface area contributed by atoms with Gasteiger partial charge in [-0.3, -0.25) is 4.79 Å². The predicted molar refractivity (Wildman–Crippen MR) is 103 cm³/mol. The van der Waals surface area contributed by atoms with E-state index in [0.29, 0.717) is 23.5 Å². The van der Waals surface area contributed by atoms with Gasteiger partial charge in [-0.1, -0.05) is 26.7 Å². The van der Waals surface area contributed by atoms with Gasteiger partial charge < -0.3 is 10.6 Å². The Balaban J connectivity index is 0.00000312. The number of halogens is 1. The van der Waals surface area contributed by atoms with Crippen molar-refractivity contribution in [2.24, 2.45) is 11.1 Å². The van der Waals surface area contributed by atoms with Gasteiger partial charge in [0.1, 0.15) is 0 Å². The molecule has 0 aliphatic heterocycles. The molecule has 0 aromatic heterocycles. The van der Waals surface area contributed by atoms with Crippen molar-refractivity contribution in [1.29, 1.82) is 0 Å². The molecular weight excluding hydrogens is 360 g/mol. The van der Waals surface area contributed by atoms with Gasteiger partial charge in [-0.25, -0.2) is 8.42 Å². The van der Waals surface area contributed by atoms with Crippen LogP contribution >= 0.6 is 12.4 Å². The fourth-order valence-corrected chi connectivity index (χ4v) is 5.03. The van der Waals surface area contributed by atoms with Gasteiger partial charge in [-0.2, -0.15) is 0 Å². The molecule has 1 aliphatic carbocycles. The molecule has 0 radical (unpaired) electrons. The first-order valence-corrected chi connectivity index (χ1v) is 10.0. The summed E-state index contributed by atoms with van der Waals surface area (Å²) in [6, 6.07) is 6.33. The summed E-state index contributed by atoms with van der Waals surface area (Å²) in [6.07, 6.45) is 3.42. The van der Waals surface area contributed by atoms with Crippen LogP contribution in [-0.2, 0) is 9.84 Å². The first kappa shape index (κ1) is 21.9. The number of nitrogens with two attached hydrogens (primary N) is 1. The SMILES string of the molecule is CN(CC(C)(C)CN)C(=O)c1ccc(S(=O)(=O)C2CCCC2)cc1.Cl. The van der Waals surface area contributed by atoms with Gasteiger partial charge in [-0.05, 0) is 49.1 Å². The Bertz CT molecular complexity index is 681. The summed E-state index contributed by atoms with van der Waals surface area (Å²) in [5.74, 6) is -0.124. The minimum atomic E-state index is -3.28. The first-order valence-electron chi connectivity index (χ1n) is 8.47. The van der Waals surface area contributed by atoms with Crippen molar-refractivity contribution >= 4 is 28.2 Å². The monoisotopic (exact) mass is 388 g/mol. The van der Waals surface area contributed by atoms with Crippen LogP contribution in [0.2, 0.25) is 0 Å². The van der Waals surface area contributed by atoms with E-state index in [1.807, 2.05) is 13.8 Å². The van der Waals surface area contributed by atoms with Gasteiger partial charge in [0.15, 0.2) is 9.84 Å². The third-order valence-corrected chi connectivity index (χ3v) is 7.01. The Labute approximate surface area is 157 Å². The van der Waals surface area contributed by atoms with E-state index >= 15 is 0 Å². The Morgan fingerprint density at radius 2 is 1.72 bits per heavy atom. The molecule has 1 aromatic rings. The second-order valence-corrected chi connectivity index (χ2v) is 9.73. The lowest BCUT2D eigenvalue weighted by Crippen LogP contribution is -2.39. The van der Waals surface area contributed by atoms with Crippen LogP contribution in [0.25, 0.3) is 0 Å². The van der Waals surface area contributed by atoms with Gasteiger partial charge in [0, 0.05) is 19.2 Å². The molecule has 1 aliphatic rings. The Kier molecular flexibility index (Phi) is 7.47. The maximum Gasteiger partial charge on any atom is 0.253 e. The molecule has 1 saturated carbocycles. The molecule has 1 aromatic carbocycles. The maximum atomic E-state index is 12.6. The predicted octanol–water partition coefficient (Wildman–Crippen LogP) is 2.88. The molecule has 0 unspecified atom stereocenters. The number of sulfone groups is 1. The van der Waals surface area contributed by atoms with E-state index in [1.165, 1.54) is 0 Å². The molecule has 0 heterocycles. The van der Waals surface area contributed by atoms with E-state index in [4.69, 9.17) is 5.73 Å². The van der Waals surface area contributed by atoms with E-state index in [-0.39, 0.29) is 29.0 Å². The second kappa shape index (κ2) is 8.52. The zero-order valence-electron chi connectivity index (χ0n) is 15.2. The number of hydrogen-bond acceptors (Lipinski definition) is 4. The van der Waals surface area contributed by atoms with Crippen molar-refractivity contribution < 1.29 is 13.2 Å². The molecular formula is C18H29ClN2O3S. The summed E-state index contributed by atoms with van der Waals surface area (Å²) in [5, 5.41) is -0.271. The number of nitrogens with zero attached hydrogens (tertiary/aromatic N) is 1. The zero-order chi connectivity index (χ0) is 18.0. The molecule has 0 bridgehead atoms. The van der Waals surface area contributed by atoms with Crippen molar-refractivity contribution in [3.8, 4) is 0 Å². The lowest BCUT2D eigenvalue weighted by molar-refractivity contribution is 0.0740. The topological polar surface area (TPSA) is 80.5 Å². The standard InChI is InChI=1S/C18H28N2O3S.ClH/c1-18(2,12-19)13-20(3)17(21)14-8-10-16(11-9-14)24(22,23)15-6-4-5-7-15;/h8-11,15H,4-7,12-13,19H2,1-3H3;1H. The number of carbonyl (C=O) groups excluding carboxylic acids is 1. The normalized spacial score (nSPS) is 15.7. The maximum absolute atomic E-state index is 12.6. The van der Waals surface area contributed by atoms with E-state index in [9.17, 15) is 13.2 Å². The van der Waals surface area contributed by atoms with Crippen LogP contribution in [0.15, 0.2) is 29.2 Å². The largest absolute Gasteiger partial charge is 0.341 e. The summed E-state index contributed by atoms with van der Waals surface area (Å²) in [6.45, 7) is 5.05. The molecule has 7 heteroatoms. The number of benzene rings is 1. The van der Waals surface area contributed by atoms with Crippen molar-refractivity contribution in [2.75, 3.05) is 20.1 Å². The number of amides is 1. The minimum absolute atomic E-state index is 0. The lowest BCUT2D eigenvalue weighted by Gasteiger charge is -2.29. The molecule has 0 spiro atoms. The number of hydrogen-bond donors (Lipinski definition) is 1. The molecule has 25 heavy (non-hydrogen) atoms. The Morgan fingerprint density at radius 1 is 1.20 bits per heavy atom. The molecule has 5 nitrogen and oxygen atoms in total. The lowest BCUT2D eigenvalue weighted by atomic mass is 9.93. The fraction of sp³-hybridized carbons (Fsp3) is 0.611. The average Bonchev–Trinajstić information content (AvgIpc) is 3.09. The quantitative estimate of drug-likeness (QED) is 0.812. The van der Waals surface area contributed by atoms with Crippen LogP contribution in [0.3, 0.4) is 0 Å². The van der Waals surface area contributed by atoms with Crippen LogP contribution in [0.1, 0.15) is 49.9 Å². The van der Waals surface area contributed by atoms with Crippen LogP contribution < -0.4 is 5.73 Å². The van der Waals surface area contributed by atoms with E-state index in [1.54, 1.807) is 36.2 Å². The molecule has 0 saturated heterocycles. The first-order chi connectivity index (χ1) is 11.2. The summed E-state index contributed by atoms with van der Waals surface area (Å²) in [4.78, 5) is 14.4. The highest BCUT2D eigenvalue weighted by Crippen LogP contribution is 2.29. The van der Waals surface area contributed by atoms with E-state index in [2.05, 4.69) is 0 Å². The Hall–Kier alpha value is -1.11. The van der Waals surface area contributed by atoms with Crippen LogP contribution in [0, 0.1) is 5.41 Å². The number of carbonyl (C=O) groups is 1. The van der Waals surface area contributed by atoms with Gasteiger partial charge in [0.2, 0.25) is 0 Å². The van der Waals surface area contributed by atoms with Crippen LogP contribution in [0.5, 0.6) is 0 Å². The van der Waals surface area contributed by atoms with Gasteiger partial charge in [-0.15, -0.1) is 12.4 Å². The van der Waals surface area contributed by atoms with E-state index < -0.39 is 9.84 Å². The van der Waals surface area contributed by atoms with E-state index in [0.717, 1.165) is 25.7 Å². The highest BCUT2D eigenvalue weighted by atomic mass is 35.5. The fourth-order valence-electron chi connectivity index (χ4n) is 3.18. The van der Waals surface area contributed by atoms with Crippen molar-refractivity contribution in [3.63, 3.8) is 0 Å². The average molecular weight is 389 g/mol. The summed E-state index contributed by atoms with van der Waals surface area (Å²) in [5.41, 5.74) is 6.06. The molecule has 142 valence electrons. The Morgan fingerprint density at radius 3 is 2.20 bits per heavy atom. The van der Waals surface area contributed by atoms with Gasteiger partial charge in [0.25, 0.3) is 5.91 Å². The van der Waals surface area contributed by atoms with Crippen LogP contribution in [0.4, 0.5) is 0 Å². The summed E-state index contributed by atoms with van der Waals surface area (Å²) < 4.78 is 25.1. The van der Waals surface area contributed by atoms with Crippen molar-refractivity contribution in [1.82, 2.24) is 4.90 Å². The zero-order valence-corrected chi connectivity index (χ0v) is 16.8. The number of rotatable bonds is 6. The summed E-state index contributed by atoms with van der Waals surface area (Å²) >= 11 is 0. The van der Waals surface area contributed by atoms with Gasteiger partial charge >= 0.3 is 0 Å².